The molecular weight excluding hydrogens is 358 g/mol. The molecule has 7 nitrogen and oxygen atoms in total. The van der Waals surface area contributed by atoms with Gasteiger partial charge in [0, 0.05) is 24.2 Å². The molecule has 0 bridgehead atoms. The molecule has 28 heavy (non-hydrogen) atoms. The number of ether oxygens (including phenoxy) is 1. The number of aryl methyl sites for hydroxylation is 1. The molecule has 2 N–H and O–H groups in total. The third-order valence-corrected chi connectivity index (χ3v) is 4.57. The van der Waals surface area contributed by atoms with Gasteiger partial charge >= 0.3 is 0 Å². The lowest BCUT2D eigenvalue weighted by molar-refractivity contribution is -0.126. The van der Waals surface area contributed by atoms with Crippen LogP contribution in [0.4, 0.5) is 5.69 Å². The molecule has 1 fully saturated rings. The van der Waals surface area contributed by atoms with Crippen molar-refractivity contribution in [2.45, 2.75) is 20.3 Å². The molecule has 0 aromatic heterocycles. The van der Waals surface area contributed by atoms with E-state index < -0.39 is 11.8 Å². The summed E-state index contributed by atoms with van der Waals surface area (Å²) in [5.74, 6) is -0.779. The van der Waals surface area contributed by atoms with E-state index in [0.717, 1.165) is 11.3 Å². The van der Waals surface area contributed by atoms with Gasteiger partial charge in [0.15, 0.2) is 0 Å². The van der Waals surface area contributed by atoms with Crippen LogP contribution in [0.1, 0.15) is 29.3 Å². The maximum atomic E-state index is 12.4. The fraction of sp³-hybridized carbons (Fsp3) is 0.286. The second-order valence-corrected chi connectivity index (χ2v) is 6.64. The molecule has 1 heterocycles. The van der Waals surface area contributed by atoms with Crippen LogP contribution in [0.25, 0.3) is 0 Å². The van der Waals surface area contributed by atoms with Crippen LogP contribution in [-0.4, -0.2) is 30.9 Å². The maximum absolute atomic E-state index is 12.4. The van der Waals surface area contributed by atoms with Crippen molar-refractivity contribution < 1.29 is 19.1 Å². The van der Waals surface area contributed by atoms with Gasteiger partial charge in [-0.15, -0.1) is 0 Å². The first kappa shape index (κ1) is 19.4. The summed E-state index contributed by atoms with van der Waals surface area (Å²) in [6.07, 6.45) is 0.110. The normalized spacial score (nSPS) is 16.0. The molecule has 7 heteroatoms. The van der Waals surface area contributed by atoms with Gasteiger partial charge in [0.1, 0.15) is 5.75 Å². The zero-order valence-corrected chi connectivity index (χ0v) is 15.9. The van der Waals surface area contributed by atoms with E-state index >= 15 is 0 Å². The molecule has 0 spiro atoms. The summed E-state index contributed by atoms with van der Waals surface area (Å²) >= 11 is 0. The van der Waals surface area contributed by atoms with Crippen molar-refractivity contribution in [3.05, 3.63) is 59.7 Å². The number of nitrogens with one attached hydrogen (secondary N) is 2. The fourth-order valence-electron chi connectivity index (χ4n) is 3.02. The van der Waals surface area contributed by atoms with E-state index in [0.29, 0.717) is 17.9 Å². The third-order valence-electron chi connectivity index (χ3n) is 4.57. The highest BCUT2D eigenvalue weighted by atomic mass is 16.5. The molecule has 2 aromatic carbocycles. The largest absolute Gasteiger partial charge is 0.494 e. The predicted octanol–water partition coefficient (Wildman–Crippen LogP) is 2.21. The van der Waals surface area contributed by atoms with Crippen molar-refractivity contribution in [3.63, 3.8) is 0 Å². The van der Waals surface area contributed by atoms with Gasteiger partial charge in [-0.3, -0.25) is 25.2 Å². The van der Waals surface area contributed by atoms with Gasteiger partial charge in [-0.05, 0) is 50.2 Å². The first-order chi connectivity index (χ1) is 13.5. The summed E-state index contributed by atoms with van der Waals surface area (Å²) in [7, 11) is 0. The lowest BCUT2D eigenvalue weighted by Crippen LogP contribution is -2.45. The lowest BCUT2D eigenvalue weighted by Gasteiger charge is -2.17. The monoisotopic (exact) mass is 381 g/mol. The number of carbonyl (C=O) groups is 3. The topological polar surface area (TPSA) is 87.7 Å². The molecular formula is C21H23N3O4. The molecule has 146 valence electrons. The minimum absolute atomic E-state index is 0.109. The molecule has 3 amide bonds. The summed E-state index contributed by atoms with van der Waals surface area (Å²) in [6, 6.07) is 14.2. The second kappa shape index (κ2) is 8.56. The molecule has 0 radical (unpaired) electrons. The van der Waals surface area contributed by atoms with Gasteiger partial charge in [0.2, 0.25) is 11.8 Å². The van der Waals surface area contributed by atoms with Crippen molar-refractivity contribution in [1.29, 1.82) is 0 Å². The van der Waals surface area contributed by atoms with Crippen molar-refractivity contribution in [2.75, 3.05) is 18.1 Å². The Kier molecular flexibility index (Phi) is 5.93. The van der Waals surface area contributed by atoms with E-state index in [2.05, 4.69) is 10.9 Å². The average molecular weight is 381 g/mol. The Morgan fingerprint density at radius 1 is 1.07 bits per heavy atom. The zero-order valence-electron chi connectivity index (χ0n) is 15.9. The second-order valence-electron chi connectivity index (χ2n) is 6.64. The smallest absolute Gasteiger partial charge is 0.269 e. The molecule has 3 rings (SSSR count). The standard InChI is InChI=1S/C21H23N3O4/c1-3-28-18-10-6-15(7-11-18)20(26)22-23-21(27)16-12-19(25)24(13-16)17-8-4-14(2)5-9-17/h4-11,16H,3,12-13H2,1-2H3,(H,22,26)(H,23,27)/t16-/m0/s1. The van der Waals surface area contributed by atoms with Crippen LogP contribution in [0.3, 0.4) is 0 Å². The molecule has 1 atom stereocenters. The Morgan fingerprint density at radius 3 is 2.39 bits per heavy atom. The van der Waals surface area contributed by atoms with Crippen LogP contribution in [0.15, 0.2) is 48.5 Å². The van der Waals surface area contributed by atoms with Gasteiger partial charge in [-0.1, -0.05) is 17.7 Å². The van der Waals surface area contributed by atoms with Gasteiger partial charge in [0.25, 0.3) is 5.91 Å². The summed E-state index contributed by atoms with van der Waals surface area (Å²) in [5.41, 5.74) is 7.07. The molecule has 0 saturated carbocycles. The highest BCUT2D eigenvalue weighted by Crippen LogP contribution is 2.25. The number of nitrogens with zero attached hydrogens (tertiary/aromatic N) is 1. The number of hydrazine groups is 1. The molecule has 0 unspecified atom stereocenters. The van der Waals surface area contributed by atoms with Gasteiger partial charge in [-0.2, -0.15) is 0 Å². The van der Waals surface area contributed by atoms with Crippen LogP contribution >= 0.6 is 0 Å². The number of rotatable bonds is 5. The lowest BCUT2D eigenvalue weighted by atomic mass is 10.1. The van der Waals surface area contributed by atoms with Crippen LogP contribution < -0.4 is 20.5 Å². The highest BCUT2D eigenvalue weighted by Gasteiger charge is 2.35. The van der Waals surface area contributed by atoms with Crippen molar-refractivity contribution in [3.8, 4) is 5.75 Å². The Morgan fingerprint density at radius 2 is 1.75 bits per heavy atom. The molecule has 1 aliphatic heterocycles. The number of amides is 3. The first-order valence-corrected chi connectivity index (χ1v) is 9.18. The number of benzene rings is 2. The summed E-state index contributed by atoms with van der Waals surface area (Å²) in [6.45, 7) is 4.68. The van der Waals surface area contributed by atoms with E-state index in [4.69, 9.17) is 4.74 Å². The van der Waals surface area contributed by atoms with Crippen molar-refractivity contribution in [2.24, 2.45) is 5.92 Å². The number of hydrogen-bond acceptors (Lipinski definition) is 4. The number of anilines is 1. The highest BCUT2D eigenvalue weighted by molar-refractivity contribution is 6.01. The van der Waals surface area contributed by atoms with Crippen LogP contribution in [-0.2, 0) is 9.59 Å². The SMILES string of the molecule is CCOc1ccc(C(=O)NNC(=O)[C@H]2CC(=O)N(c3ccc(C)cc3)C2)cc1. The van der Waals surface area contributed by atoms with E-state index in [9.17, 15) is 14.4 Å². The maximum Gasteiger partial charge on any atom is 0.269 e. The third kappa shape index (κ3) is 4.49. The van der Waals surface area contributed by atoms with Gasteiger partial charge in [-0.25, -0.2) is 0 Å². The average Bonchev–Trinajstić information content (AvgIpc) is 3.09. The minimum atomic E-state index is -0.519. The first-order valence-electron chi connectivity index (χ1n) is 9.18. The van der Waals surface area contributed by atoms with Gasteiger partial charge in [0.05, 0.1) is 12.5 Å². The minimum Gasteiger partial charge on any atom is -0.494 e. The molecule has 0 aliphatic carbocycles. The summed E-state index contributed by atoms with van der Waals surface area (Å²) in [4.78, 5) is 38.4. The number of carbonyl (C=O) groups excluding carboxylic acids is 3. The Hall–Kier alpha value is -3.35. The molecule has 1 saturated heterocycles. The molecule has 1 aliphatic rings. The fourth-order valence-corrected chi connectivity index (χ4v) is 3.02. The molecule has 2 aromatic rings. The van der Waals surface area contributed by atoms with Crippen LogP contribution in [0.2, 0.25) is 0 Å². The number of hydrogen-bond donors (Lipinski definition) is 2. The van der Waals surface area contributed by atoms with E-state index in [1.807, 2.05) is 38.1 Å². The van der Waals surface area contributed by atoms with E-state index in [1.54, 1.807) is 29.2 Å². The van der Waals surface area contributed by atoms with Crippen molar-refractivity contribution >= 4 is 23.4 Å². The van der Waals surface area contributed by atoms with Crippen LogP contribution in [0.5, 0.6) is 5.75 Å². The van der Waals surface area contributed by atoms with Crippen LogP contribution in [0, 0.1) is 12.8 Å². The Balaban J connectivity index is 1.54. The predicted molar refractivity (Wildman–Crippen MR) is 105 cm³/mol. The van der Waals surface area contributed by atoms with E-state index in [-0.39, 0.29) is 24.8 Å². The van der Waals surface area contributed by atoms with Crippen molar-refractivity contribution in [1.82, 2.24) is 10.9 Å². The summed E-state index contributed by atoms with van der Waals surface area (Å²) in [5, 5.41) is 0. The quantitative estimate of drug-likeness (QED) is 0.778. The Bertz CT molecular complexity index is 862. The zero-order chi connectivity index (χ0) is 20.1. The Labute approximate surface area is 163 Å². The van der Waals surface area contributed by atoms with E-state index in [1.165, 1.54) is 0 Å². The van der Waals surface area contributed by atoms with Gasteiger partial charge < -0.3 is 9.64 Å². The summed E-state index contributed by atoms with van der Waals surface area (Å²) < 4.78 is 5.33.